The van der Waals surface area contributed by atoms with Crippen LogP contribution in [0.1, 0.15) is 33.2 Å². The van der Waals surface area contributed by atoms with Gasteiger partial charge < -0.3 is 20.3 Å². The lowest BCUT2D eigenvalue weighted by molar-refractivity contribution is -0.114. The summed E-state index contributed by atoms with van der Waals surface area (Å²) >= 11 is 0. The Bertz CT molecular complexity index is 887. The first-order valence-electron chi connectivity index (χ1n) is 9.11. The van der Waals surface area contributed by atoms with Gasteiger partial charge in [0.25, 0.3) is 11.8 Å². The molecule has 2 aromatic rings. The molecule has 1 heterocycles. The number of ether oxygens (including phenoxy) is 1. The lowest BCUT2D eigenvalue weighted by atomic mass is 10.1. The van der Waals surface area contributed by atoms with E-state index in [4.69, 9.17) is 4.74 Å². The Morgan fingerprint density at radius 1 is 0.893 bits per heavy atom. The SMILES string of the molecule is CC(=O)Nc1cccc(NC(=O)c2ccc(C(=O)N3CCOCC3)cc2)c1C. The zero-order valence-corrected chi connectivity index (χ0v) is 16.0. The van der Waals surface area contributed by atoms with Crippen molar-refractivity contribution in [3.05, 3.63) is 59.2 Å². The lowest BCUT2D eigenvalue weighted by Gasteiger charge is -2.26. The second kappa shape index (κ2) is 8.67. The van der Waals surface area contributed by atoms with E-state index >= 15 is 0 Å². The van der Waals surface area contributed by atoms with Gasteiger partial charge in [0.05, 0.1) is 13.2 Å². The molecule has 3 amide bonds. The van der Waals surface area contributed by atoms with Gasteiger partial charge in [-0.05, 0) is 48.9 Å². The zero-order valence-electron chi connectivity index (χ0n) is 16.0. The number of hydrogen-bond acceptors (Lipinski definition) is 4. The van der Waals surface area contributed by atoms with Crippen molar-refractivity contribution in [1.29, 1.82) is 0 Å². The number of rotatable bonds is 4. The van der Waals surface area contributed by atoms with Crippen LogP contribution < -0.4 is 10.6 Å². The Balaban J connectivity index is 1.70. The van der Waals surface area contributed by atoms with Gasteiger partial charge in [-0.25, -0.2) is 0 Å². The van der Waals surface area contributed by atoms with E-state index in [1.165, 1.54) is 6.92 Å². The van der Waals surface area contributed by atoms with Crippen LogP contribution in [0.4, 0.5) is 11.4 Å². The van der Waals surface area contributed by atoms with Gasteiger partial charge in [-0.2, -0.15) is 0 Å². The molecule has 0 aliphatic carbocycles. The molecule has 0 unspecified atom stereocenters. The summed E-state index contributed by atoms with van der Waals surface area (Å²) in [5, 5.41) is 5.59. The second-order valence-corrected chi connectivity index (χ2v) is 6.60. The maximum Gasteiger partial charge on any atom is 0.255 e. The first-order valence-corrected chi connectivity index (χ1v) is 9.11. The fourth-order valence-corrected chi connectivity index (χ4v) is 3.00. The maximum absolute atomic E-state index is 12.6. The van der Waals surface area contributed by atoms with Crippen molar-refractivity contribution in [2.75, 3.05) is 36.9 Å². The summed E-state index contributed by atoms with van der Waals surface area (Å²) in [6.45, 7) is 5.50. The Kier molecular flexibility index (Phi) is 6.06. The molecule has 2 aromatic carbocycles. The highest BCUT2D eigenvalue weighted by molar-refractivity contribution is 6.06. The summed E-state index contributed by atoms with van der Waals surface area (Å²) < 4.78 is 5.26. The number of anilines is 2. The molecule has 28 heavy (non-hydrogen) atoms. The fourth-order valence-electron chi connectivity index (χ4n) is 3.00. The molecule has 0 radical (unpaired) electrons. The Morgan fingerprint density at radius 2 is 1.46 bits per heavy atom. The van der Waals surface area contributed by atoms with Crippen LogP contribution >= 0.6 is 0 Å². The van der Waals surface area contributed by atoms with Gasteiger partial charge in [0.1, 0.15) is 0 Å². The number of amides is 3. The third kappa shape index (κ3) is 4.55. The van der Waals surface area contributed by atoms with Gasteiger partial charge in [-0.3, -0.25) is 14.4 Å². The summed E-state index contributed by atoms with van der Waals surface area (Å²) in [7, 11) is 0. The van der Waals surface area contributed by atoms with Crippen LogP contribution in [0.2, 0.25) is 0 Å². The predicted molar refractivity (Wildman–Crippen MR) is 107 cm³/mol. The number of carbonyl (C=O) groups excluding carboxylic acids is 3. The summed E-state index contributed by atoms with van der Waals surface area (Å²) in [6.07, 6.45) is 0. The molecular weight excluding hydrogens is 358 g/mol. The van der Waals surface area contributed by atoms with Gasteiger partial charge in [-0.1, -0.05) is 6.07 Å². The van der Waals surface area contributed by atoms with Crippen molar-refractivity contribution in [2.24, 2.45) is 0 Å². The third-order valence-corrected chi connectivity index (χ3v) is 4.59. The maximum atomic E-state index is 12.6. The van der Waals surface area contributed by atoms with Gasteiger partial charge >= 0.3 is 0 Å². The molecule has 7 nitrogen and oxygen atoms in total. The van der Waals surface area contributed by atoms with E-state index in [0.29, 0.717) is 48.8 Å². The van der Waals surface area contributed by atoms with Gasteiger partial charge in [0.15, 0.2) is 0 Å². The molecule has 0 saturated carbocycles. The highest BCUT2D eigenvalue weighted by Gasteiger charge is 2.19. The highest BCUT2D eigenvalue weighted by Crippen LogP contribution is 2.24. The molecule has 0 atom stereocenters. The Hall–Kier alpha value is -3.19. The molecule has 1 saturated heterocycles. The van der Waals surface area contributed by atoms with E-state index in [9.17, 15) is 14.4 Å². The minimum Gasteiger partial charge on any atom is -0.378 e. The standard InChI is InChI=1S/C21H23N3O4/c1-14-18(22-15(2)25)4-3-5-19(14)23-20(26)16-6-8-17(9-7-16)21(27)24-10-12-28-13-11-24/h3-9H,10-13H2,1-2H3,(H,22,25)(H,23,26). The minimum atomic E-state index is -0.284. The molecule has 0 aromatic heterocycles. The predicted octanol–water partition coefficient (Wildman–Crippen LogP) is 2.68. The topological polar surface area (TPSA) is 87.7 Å². The molecule has 2 N–H and O–H groups in total. The Labute approximate surface area is 163 Å². The molecule has 0 spiro atoms. The minimum absolute atomic E-state index is 0.0610. The van der Waals surface area contributed by atoms with Crippen molar-refractivity contribution in [3.63, 3.8) is 0 Å². The second-order valence-electron chi connectivity index (χ2n) is 6.60. The first-order chi connectivity index (χ1) is 13.5. The molecule has 1 aliphatic heterocycles. The van der Waals surface area contributed by atoms with Crippen LogP contribution in [0.5, 0.6) is 0 Å². The number of carbonyl (C=O) groups is 3. The highest BCUT2D eigenvalue weighted by atomic mass is 16.5. The normalized spacial score (nSPS) is 13.7. The van der Waals surface area contributed by atoms with Crippen molar-refractivity contribution >= 4 is 29.1 Å². The van der Waals surface area contributed by atoms with Gasteiger partial charge in [-0.15, -0.1) is 0 Å². The van der Waals surface area contributed by atoms with Crippen LogP contribution in [0.3, 0.4) is 0 Å². The van der Waals surface area contributed by atoms with E-state index in [2.05, 4.69) is 10.6 Å². The largest absolute Gasteiger partial charge is 0.378 e. The summed E-state index contributed by atoms with van der Waals surface area (Å²) in [5.41, 5.74) is 3.02. The van der Waals surface area contributed by atoms with E-state index in [1.54, 1.807) is 47.4 Å². The quantitative estimate of drug-likeness (QED) is 0.852. The smallest absolute Gasteiger partial charge is 0.255 e. The molecule has 0 bridgehead atoms. The van der Waals surface area contributed by atoms with Gasteiger partial charge in [0.2, 0.25) is 5.91 Å². The van der Waals surface area contributed by atoms with Crippen molar-refractivity contribution in [3.8, 4) is 0 Å². The van der Waals surface area contributed by atoms with Crippen LogP contribution in [0.25, 0.3) is 0 Å². The molecule has 1 fully saturated rings. The number of nitrogens with one attached hydrogen (secondary N) is 2. The van der Waals surface area contributed by atoms with Gasteiger partial charge in [0, 0.05) is 42.5 Å². The first kappa shape index (κ1) is 19.6. The monoisotopic (exact) mass is 381 g/mol. The van der Waals surface area contributed by atoms with E-state index < -0.39 is 0 Å². The van der Waals surface area contributed by atoms with Crippen LogP contribution in [0, 0.1) is 6.92 Å². The molecule has 7 heteroatoms. The van der Waals surface area contributed by atoms with Crippen molar-refractivity contribution in [2.45, 2.75) is 13.8 Å². The molecule has 3 rings (SSSR count). The lowest BCUT2D eigenvalue weighted by Crippen LogP contribution is -2.40. The average Bonchev–Trinajstić information content (AvgIpc) is 2.71. The average molecular weight is 381 g/mol. The van der Waals surface area contributed by atoms with E-state index in [0.717, 1.165) is 5.56 Å². The van der Waals surface area contributed by atoms with Crippen LogP contribution in [-0.2, 0) is 9.53 Å². The van der Waals surface area contributed by atoms with Crippen LogP contribution in [-0.4, -0.2) is 48.9 Å². The number of benzene rings is 2. The number of hydrogen-bond donors (Lipinski definition) is 2. The van der Waals surface area contributed by atoms with E-state index in [1.807, 2.05) is 6.92 Å². The van der Waals surface area contributed by atoms with Crippen molar-refractivity contribution < 1.29 is 19.1 Å². The number of nitrogens with zero attached hydrogens (tertiary/aromatic N) is 1. The molecule has 146 valence electrons. The zero-order chi connectivity index (χ0) is 20.1. The summed E-state index contributed by atoms with van der Waals surface area (Å²) in [4.78, 5) is 38.1. The Morgan fingerprint density at radius 3 is 2.07 bits per heavy atom. The van der Waals surface area contributed by atoms with Crippen molar-refractivity contribution in [1.82, 2.24) is 4.90 Å². The summed E-state index contributed by atoms with van der Waals surface area (Å²) in [6, 6.07) is 11.9. The number of morpholine rings is 1. The molecule has 1 aliphatic rings. The third-order valence-electron chi connectivity index (χ3n) is 4.59. The van der Waals surface area contributed by atoms with E-state index in [-0.39, 0.29) is 17.7 Å². The van der Waals surface area contributed by atoms with Crippen LogP contribution in [0.15, 0.2) is 42.5 Å². The summed E-state index contributed by atoms with van der Waals surface area (Å²) in [5.74, 6) is -0.519. The molecular formula is C21H23N3O4. The fraction of sp³-hybridized carbons (Fsp3) is 0.286.